The molecule has 3 nitrogen and oxygen atoms in total. The molecule has 2 rings (SSSR count). The summed E-state index contributed by atoms with van der Waals surface area (Å²) in [6, 6.07) is 18.3. The number of carbonyl (C=O) groups is 1. The van der Waals surface area contributed by atoms with Gasteiger partial charge in [-0.05, 0) is 49.1 Å². The van der Waals surface area contributed by atoms with Crippen LogP contribution in [0, 0.1) is 5.92 Å². The van der Waals surface area contributed by atoms with Crippen LogP contribution in [-0.4, -0.2) is 23.4 Å². The van der Waals surface area contributed by atoms with Gasteiger partial charge < -0.3 is 9.84 Å². The van der Waals surface area contributed by atoms with Crippen LogP contribution in [0.15, 0.2) is 59.5 Å². The van der Waals surface area contributed by atoms with Crippen molar-refractivity contribution in [3.63, 3.8) is 0 Å². The third-order valence-electron chi connectivity index (χ3n) is 4.34. The van der Waals surface area contributed by atoms with E-state index in [-0.39, 0.29) is 11.2 Å². The first kappa shape index (κ1) is 19.4. The van der Waals surface area contributed by atoms with Gasteiger partial charge in [0.2, 0.25) is 0 Å². The molecule has 0 heterocycles. The maximum absolute atomic E-state index is 11.5. The van der Waals surface area contributed by atoms with E-state index in [9.17, 15) is 9.90 Å². The minimum Gasteiger partial charge on any atom is -0.497 e. The monoisotopic (exact) mass is 358 g/mol. The number of aryl methyl sites for hydroxylation is 1. The van der Waals surface area contributed by atoms with E-state index in [4.69, 9.17) is 4.74 Å². The number of unbranched alkanes of at least 4 members (excludes halogenated alkanes) is 1. The fraction of sp³-hybridized carbons (Fsp3) is 0.381. The van der Waals surface area contributed by atoms with E-state index in [2.05, 4.69) is 24.3 Å². The van der Waals surface area contributed by atoms with Crippen molar-refractivity contribution in [2.45, 2.75) is 42.8 Å². The molecule has 0 aliphatic heterocycles. The average molecular weight is 359 g/mol. The number of hydrogen-bond donors (Lipinski definition) is 1. The second kappa shape index (κ2) is 10.1. The normalized spacial score (nSPS) is 13.2. The summed E-state index contributed by atoms with van der Waals surface area (Å²) in [5.74, 6) is -0.284. The van der Waals surface area contributed by atoms with Gasteiger partial charge in [-0.2, -0.15) is 0 Å². The summed E-state index contributed by atoms with van der Waals surface area (Å²) in [6.07, 6.45) is 4.05. The van der Waals surface area contributed by atoms with Gasteiger partial charge in [0.25, 0.3) is 0 Å². The van der Waals surface area contributed by atoms with E-state index >= 15 is 0 Å². The fourth-order valence-electron chi connectivity index (χ4n) is 2.72. The summed E-state index contributed by atoms with van der Waals surface area (Å²) < 4.78 is 5.18. The summed E-state index contributed by atoms with van der Waals surface area (Å²) >= 11 is 1.65. The molecule has 0 amide bonds. The predicted octanol–water partition coefficient (Wildman–Crippen LogP) is 5.29. The van der Waals surface area contributed by atoms with Crippen molar-refractivity contribution in [1.82, 2.24) is 0 Å². The van der Waals surface area contributed by atoms with Gasteiger partial charge >= 0.3 is 5.97 Å². The van der Waals surface area contributed by atoms with Gasteiger partial charge in [0.15, 0.2) is 0 Å². The zero-order chi connectivity index (χ0) is 18.1. The van der Waals surface area contributed by atoms with Crippen LogP contribution in [0.5, 0.6) is 5.75 Å². The van der Waals surface area contributed by atoms with Gasteiger partial charge in [0.05, 0.1) is 13.0 Å². The average Bonchev–Trinajstić information content (AvgIpc) is 2.65. The molecule has 0 radical (unpaired) electrons. The van der Waals surface area contributed by atoms with Crippen molar-refractivity contribution in [3.8, 4) is 5.75 Å². The third-order valence-corrected chi connectivity index (χ3v) is 5.83. The van der Waals surface area contributed by atoms with Crippen molar-refractivity contribution in [2.24, 2.45) is 5.92 Å². The maximum atomic E-state index is 11.5. The summed E-state index contributed by atoms with van der Waals surface area (Å²) in [4.78, 5) is 12.5. The number of benzene rings is 2. The summed E-state index contributed by atoms with van der Waals surface area (Å²) in [6.45, 7) is 1.81. The van der Waals surface area contributed by atoms with E-state index in [1.54, 1.807) is 25.8 Å². The van der Waals surface area contributed by atoms with Crippen LogP contribution < -0.4 is 4.74 Å². The number of carboxylic acids is 1. The number of aliphatic carboxylic acids is 1. The highest BCUT2D eigenvalue weighted by Gasteiger charge is 2.24. The third kappa shape index (κ3) is 6.46. The molecule has 0 fully saturated rings. The lowest BCUT2D eigenvalue weighted by atomic mass is 10.0. The Hall–Kier alpha value is -1.94. The highest BCUT2D eigenvalue weighted by molar-refractivity contribution is 8.00. The van der Waals surface area contributed by atoms with Crippen LogP contribution in [-0.2, 0) is 11.2 Å². The first-order chi connectivity index (χ1) is 12.1. The molecule has 1 N–H and O–H groups in total. The molecular weight excluding hydrogens is 332 g/mol. The van der Waals surface area contributed by atoms with Gasteiger partial charge in [-0.1, -0.05) is 43.7 Å². The standard InChI is InChI=1S/C21H26O3S/c1-16(21(22)23)20(25-19-14-12-18(24-2)13-15-19)11-7-6-10-17-8-4-3-5-9-17/h3-5,8-9,12-16,20H,6-7,10-11H2,1-2H3,(H,22,23)/t16-,20-/m1/s1. The van der Waals surface area contributed by atoms with Gasteiger partial charge in [-0.25, -0.2) is 0 Å². The topological polar surface area (TPSA) is 46.5 Å². The molecule has 0 spiro atoms. The van der Waals surface area contributed by atoms with Crippen molar-refractivity contribution < 1.29 is 14.6 Å². The van der Waals surface area contributed by atoms with Crippen LogP contribution in [0.3, 0.4) is 0 Å². The van der Waals surface area contributed by atoms with E-state index in [1.807, 2.05) is 30.3 Å². The van der Waals surface area contributed by atoms with Crippen LogP contribution in [0.4, 0.5) is 0 Å². The van der Waals surface area contributed by atoms with Crippen molar-refractivity contribution >= 4 is 17.7 Å². The van der Waals surface area contributed by atoms with Crippen molar-refractivity contribution in [3.05, 3.63) is 60.2 Å². The lowest BCUT2D eigenvalue weighted by Crippen LogP contribution is -2.23. The molecule has 0 aromatic heterocycles. The molecule has 2 aromatic rings. The second-order valence-corrected chi connectivity index (χ2v) is 7.50. The number of methoxy groups -OCH3 is 1. The quantitative estimate of drug-likeness (QED) is 0.463. The van der Waals surface area contributed by atoms with Crippen LogP contribution >= 0.6 is 11.8 Å². The zero-order valence-electron chi connectivity index (χ0n) is 14.9. The Kier molecular flexibility index (Phi) is 7.86. The molecule has 2 aromatic carbocycles. The van der Waals surface area contributed by atoms with Gasteiger partial charge in [-0.3, -0.25) is 4.79 Å². The second-order valence-electron chi connectivity index (χ2n) is 6.19. The Labute approximate surface area is 154 Å². The first-order valence-corrected chi connectivity index (χ1v) is 9.55. The molecule has 25 heavy (non-hydrogen) atoms. The van der Waals surface area contributed by atoms with Crippen molar-refractivity contribution in [2.75, 3.05) is 7.11 Å². The zero-order valence-corrected chi connectivity index (χ0v) is 15.7. The molecule has 134 valence electrons. The number of rotatable bonds is 10. The molecule has 0 saturated carbocycles. The van der Waals surface area contributed by atoms with E-state index in [1.165, 1.54) is 5.56 Å². The van der Waals surface area contributed by atoms with Gasteiger partial charge in [-0.15, -0.1) is 11.8 Å². The first-order valence-electron chi connectivity index (χ1n) is 8.67. The fourth-order valence-corrected chi connectivity index (χ4v) is 3.97. The molecule has 0 bridgehead atoms. The Bertz CT molecular complexity index is 640. The summed E-state index contributed by atoms with van der Waals surface area (Å²) in [5, 5.41) is 9.48. The highest BCUT2D eigenvalue weighted by Crippen LogP contribution is 2.33. The van der Waals surface area contributed by atoms with E-state index in [0.29, 0.717) is 0 Å². The number of thioether (sulfide) groups is 1. The van der Waals surface area contributed by atoms with Gasteiger partial charge in [0.1, 0.15) is 5.75 Å². The van der Waals surface area contributed by atoms with Gasteiger partial charge in [0, 0.05) is 10.1 Å². The predicted molar refractivity (Wildman–Crippen MR) is 103 cm³/mol. The largest absolute Gasteiger partial charge is 0.497 e. The molecule has 0 saturated heterocycles. The summed E-state index contributed by atoms with van der Waals surface area (Å²) in [5.41, 5.74) is 1.34. The minimum atomic E-state index is -0.728. The Morgan fingerprint density at radius 2 is 1.76 bits per heavy atom. The lowest BCUT2D eigenvalue weighted by molar-refractivity contribution is -0.141. The molecule has 4 heteroatoms. The number of hydrogen-bond acceptors (Lipinski definition) is 3. The number of carboxylic acid groups (broad SMARTS) is 1. The molecule has 0 aliphatic carbocycles. The smallest absolute Gasteiger partial charge is 0.307 e. The lowest BCUT2D eigenvalue weighted by Gasteiger charge is -2.20. The van der Waals surface area contributed by atoms with Crippen molar-refractivity contribution in [1.29, 1.82) is 0 Å². The molecule has 0 aliphatic rings. The summed E-state index contributed by atoms with van der Waals surface area (Å²) in [7, 11) is 1.64. The Morgan fingerprint density at radius 3 is 2.36 bits per heavy atom. The molecule has 0 unspecified atom stereocenters. The van der Waals surface area contributed by atoms with Crippen LogP contribution in [0.2, 0.25) is 0 Å². The highest BCUT2D eigenvalue weighted by atomic mass is 32.2. The van der Waals surface area contributed by atoms with Crippen LogP contribution in [0.1, 0.15) is 31.7 Å². The maximum Gasteiger partial charge on any atom is 0.307 e. The molecular formula is C21H26O3S. The van der Waals surface area contributed by atoms with E-state index < -0.39 is 5.97 Å². The Balaban J connectivity index is 1.89. The minimum absolute atomic E-state index is 0.0710. The molecule has 2 atom stereocenters. The number of ether oxygens (including phenoxy) is 1. The van der Waals surface area contributed by atoms with Crippen LogP contribution in [0.25, 0.3) is 0 Å². The van der Waals surface area contributed by atoms with E-state index in [0.717, 1.165) is 36.3 Å². The SMILES string of the molecule is COc1ccc(S[C@H](CCCCc2ccccc2)[C@@H](C)C(=O)O)cc1. The Morgan fingerprint density at radius 1 is 1.08 bits per heavy atom.